The van der Waals surface area contributed by atoms with E-state index >= 15 is 0 Å². The Hall–Kier alpha value is -16.5. The Labute approximate surface area is 793 Å². The van der Waals surface area contributed by atoms with E-state index in [1.165, 1.54) is 93.7 Å². The van der Waals surface area contributed by atoms with Crippen LogP contribution in [0, 0.1) is 83.1 Å². The van der Waals surface area contributed by atoms with Crippen molar-refractivity contribution >= 4 is 110 Å². The fourth-order valence-corrected chi connectivity index (χ4v) is 19.7. The lowest BCUT2D eigenvalue weighted by Gasteiger charge is -2.25. The van der Waals surface area contributed by atoms with Gasteiger partial charge in [0.05, 0.1) is 62.4 Å². The Morgan fingerprint density at radius 2 is 0.457 bits per heavy atom. The van der Waals surface area contributed by atoms with Crippen LogP contribution >= 0.6 is 0 Å². The summed E-state index contributed by atoms with van der Waals surface area (Å²) in [4.78, 5) is 47.9. The number of aromatic hydroxyl groups is 12. The highest BCUT2D eigenvalue weighted by Crippen LogP contribution is 2.58. The van der Waals surface area contributed by atoms with E-state index in [1.807, 2.05) is 39.0 Å². The van der Waals surface area contributed by atoms with Crippen molar-refractivity contribution in [2.45, 2.75) is 123 Å². The van der Waals surface area contributed by atoms with Crippen molar-refractivity contribution < 1.29 is 139 Å². The summed E-state index contributed by atoms with van der Waals surface area (Å²) >= 11 is 0. The maximum absolute atomic E-state index is 12.3. The number of carbonyl (C=O) groups is 4. The second-order valence-electron chi connectivity index (χ2n) is 35.0. The lowest BCUT2D eigenvalue weighted by atomic mass is 9.83. The average Bonchev–Trinajstić information content (AvgIpc) is 0.709. The van der Waals surface area contributed by atoms with Crippen LogP contribution in [0.25, 0.3) is 131 Å². The van der Waals surface area contributed by atoms with Gasteiger partial charge in [-0.3, -0.25) is 0 Å². The Bertz CT molecular complexity index is 7690. The van der Waals surface area contributed by atoms with Gasteiger partial charge < -0.3 is 120 Å². The van der Waals surface area contributed by atoms with E-state index in [-0.39, 0.29) is 107 Å². The Morgan fingerprint density at radius 3 is 0.783 bits per heavy atom. The highest BCUT2D eigenvalue weighted by molar-refractivity contribution is 6.18. The molecule has 0 bridgehead atoms. The van der Waals surface area contributed by atoms with Gasteiger partial charge >= 0.3 is 23.9 Å². The zero-order valence-electron chi connectivity index (χ0n) is 80.6. The third kappa shape index (κ3) is 16.4. The molecule has 0 spiro atoms. The Kier molecular flexibility index (Phi) is 27.1. The van der Waals surface area contributed by atoms with Crippen molar-refractivity contribution in [1.82, 2.24) is 0 Å². The number of hydrogen-bond acceptors (Lipinski definition) is 24. The van der Waals surface area contributed by atoms with E-state index in [2.05, 4.69) is 73.6 Å². The van der Waals surface area contributed by atoms with Gasteiger partial charge in [-0.15, -0.1) is 0 Å². The molecule has 0 saturated carbocycles. The van der Waals surface area contributed by atoms with Crippen LogP contribution in [0.5, 0.6) is 115 Å². The maximum Gasteiger partial charge on any atom is 0.340 e. The van der Waals surface area contributed by atoms with Crippen LogP contribution in [-0.2, 0) is 0 Å². The van der Waals surface area contributed by atoms with Gasteiger partial charge in [-0.25, -0.2) is 19.2 Å². The van der Waals surface area contributed by atoms with E-state index in [9.17, 15) is 101 Å². The quantitative estimate of drug-likeness (QED) is 0.0355. The standard InChI is InChI=1S/C34H42O4.C30H30O8.C24H18O10.C22H18O6/c1-17(2)28-22(8)19(5)13-25-23(28)14-20(6)30(32(25)36-10)31-21(7)15-24-26(33(31)37-11)16-27(35-9)34(38-12)29(24)18(3)4;1-13-9-19-17(24(16(13)4)29(31)32)10-14(2)22(26(19)36-6)23-15(3)11-18-20(27(23)37-7)12-21(35-5)28(38-8)25(18)30(33)34;1-7-3-9-11(5-13(25)21(29)17(9)23(31)32)19(27)15(7)16-8(2)4-10-12(20(16)28)6-14(26)22(30)18(10)24(33)34;1-9-3-11-5-15(23)17(25)7-13(11)21(27)19(9)20-10(2)4-12-6-16(24)18(26)8-14(12)22(20)28/h13-18H,1-12H3;9-12H,1-8H3,(H,31,32)(H,33,34);3-6,25-30H,1-2H3,(H,31,32)(H,33,34);3-8,23-28H,1-2H3. The first-order valence-corrected chi connectivity index (χ1v) is 43.6. The molecule has 16 aromatic rings. The third-order valence-electron chi connectivity index (χ3n) is 26.0. The molecule has 138 heavy (non-hydrogen) atoms. The second kappa shape index (κ2) is 37.7. The SMILES string of the molecule is COc1cc2c(OC)c(-c3c(C)cc4c(C(=O)O)c(C)c(C)cc4c3OC)c(C)cc2c(C(=O)O)c1OC.COc1cc2c(OC)c(-c3c(C)cc4c(C(C)C)c(C)c(C)cc4c3OC)c(C)cc2c(C(C)C)c1OC.Cc1cc2c(C(=O)O)c(O)c(O)cc2c(O)c1-c1c(C)cc2c(C(=O)O)c(O)c(O)cc2c1O.Cc1cc2cc(O)c(O)cc2c(O)c1-c1c(C)cc2cc(O)c(O)cc2c1O. The number of hydrogen-bond donors (Lipinski definition) is 16. The van der Waals surface area contributed by atoms with Crippen LogP contribution in [0.15, 0.2) is 109 Å². The fourth-order valence-electron chi connectivity index (χ4n) is 19.7. The second-order valence-corrected chi connectivity index (χ2v) is 35.0. The molecule has 16 N–H and O–H groups in total. The molecule has 28 nitrogen and oxygen atoms in total. The van der Waals surface area contributed by atoms with Crippen LogP contribution in [-0.4, -0.2) is 162 Å². The van der Waals surface area contributed by atoms with Crippen LogP contribution in [0.2, 0.25) is 0 Å². The summed E-state index contributed by atoms with van der Waals surface area (Å²) in [5.74, 6) is -6.03. The topological polar surface area (TPSA) is 466 Å². The van der Waals surface area contributed by atoms with Crippen molar-refractivity contribution in [1.29, 1.82) is 0 Å². The van der Waals surface area contributed by atoms with Crippen LogP contribution in [0.4, 0.5) is 0 Å². The largest absolute Gasteiger partial charge is 0.507 e. The Balaban J connectivity index is 0.000000156. The maximum atomic E-state index is 12.3. The number of phenolic OH excluding ortho intramolecular Hbond substituents is 10. The molecule has 0 amide bonds. The van der Waals surface area contributed by atoms with Crippen molar-refractivity contribution in [3.63, 3.8) is 0 Å². The molecule has 28 heteroatoms. The van der Waals surface area contributed by atoms with Gasteiger partial charge in [-0.05, 0) is 274 Å². The number of carboxylic acids is 4. The fraction of sp³-hybridized carbons (Fsp3) is 0.236. The first-order chi connectivity index (χ1) is 65.1. The summed E-state index contributed by atoms with van der Waals surface area (Å²) in [5, 5.41) is 170. The van der Waals surface area contributed by atoms with Crippen molar-refractivity contribution in [3.8, 4) is 159 Å². The number of aryl methyl sites for hydroxylation is 10. The minimum Gasteiger partial charge on any atom is -0.507 e. The number of aromatic carboxylic acids is 4. The normalized spacial score (nSPS) is 11.3. The zero-order chi connectivity index (χ0) is 102. The molecule has 716 valence electrons. The van der Waals surface area contributed by atoms with Crippen LogP contribution in [0.3, 0.4) is 0 Å². The van der Waals surface area contributed by atoms with E-state index in [4.69, 9.17) is 37.9 Å². The van der Waals surface area contributed by atoms with E-state index in [1.54, 1.807) is 80.6 Å². The lowest BCUT2D eigenvalue weighted by Crippen LogP contribution is -2.07. The first-order valence-electron chi connectivity index (χ1n) is 43.6. The molecule has 0 fully saturated rings. The number of ether oxygens (including phenoxy) is 8. The predicted molar refractivity (Wildman–Crippen MR) is 533 cm³/mol. The number of fused-ring (bicyclic) bond motifs is 8. The number of phenols is 12. The van der Waals surface area contributed by atoms with Crippen molar-refractivity contribution in [3.05, 3.63) is 209 Å². The minimum absolute atomic E-state index is 0.0331. The molecule has 0 aliphatic carbocycles. The molecule has 0 radical (unpaired) electrons. The average molecular weight is 1880 g/mol. The van der Waals surface area contributed by atoms with Crippen LogP contribution in [0.1, 0.15) is 159 Å². The molecular weight excluding hydrogens is 1770 g/mol. The summed E-state index contributed by atoms with van der Waals surface area (Å²) in [6, 6.07) is 29.5. The number of benzene rings is 16. The summed E-state index contributed by atoms with van der Waals surface area (Å²) < 4.78 is 46.8. The molecule has 0 saturated heterocycles. The molecule has 16 rings (SSSR count). The molecule has 0 aliphatic rings. The van der Waals surface area contributed by atoms with Crippen LogP contribution < -0.4 is 37.9 Å². The predicted octanol–water partition coefficient (Wildman–Crippen LogP) is 23.9. The molecular formula is C110H108O28. The van der Waals surface area contributed by atoms with E-state index in [0.29, 0.717) is 99.6 Å². The first kappa shape index (κ1) is 99.0. The van der Waals surface area contributed by atoms with Gasteiger partial charge in [0.2, 0.25) is 0 Å². The van der Waals surface area contributed by atoms with Gasteiger partial charge in [0.15, 0.2) is 69.0 Å². The highest BCUT2D eigenvalue weighted by atomic mass is 16.5. The number of carboxylic acid groups (broad SMARTS) is 4. The van der Waals surface area contributed by atoms with Gasteiger partial charge in [-0.1, -0.05) is 52.0 Å². The van der Waals surface area contributed by atoms with E-state index in [0.717, 1.165) is 95.6 Å². The monoisotopic (exact) mass is 1880 g/mol. The number of methoxy groups -OCH3 is 8. The minimum atomic E-state index is -1.54. The van der Waals surface area contributed by atoms with Gasteiger partial charge in [-0.2, -0.15) is 0 Å². The summed E-state index contributed by atoms with van der Waals surface area (Å²) in [7, 11) is 12.8. The van der Waals surface area contributed by atoms with Gasteiger partial charge in [0.1, 0.15) is 62.7 Å². The van der Waals surface area contributed by atoms with Gasteiger partial charge in [0.25, 0.3) is 0 Å². The molecule has 0 unspecified atom stereocenters. The third-order valence-corrected chi connectivity index (χ3v) is 26.0. The molecule has 0 heterocycles. The molecule has 16 aromatic carbocycles. The summed E-state index contributed by atoms with van der Waals surface area (Å²) in [6.45, 7) is 31.6. The van der Waals surface area contributed by atoms with Crippen molar-refractivity contribution in [2.24, 2.45) is 0 Å². The smallest absolute Gasteiger partial charge is 0.340 e. The van der Waals surface area contributed by atoms with E-state index < -0.39 is 69.5 Å². The molecule has 0 aliphatic heterocycles. The highest BCUT2D eigenvalue weighted by Gasteiger charge is 2.35. The zero-order valence-corrected chi connectivity index (χ0v) is 80.6. The van der Waals surface area contributed by atoms with Gasteiger partial charge in [0, 0.05) is 115 Å². The van der Waals surface area contributed by atoms with Crippen molar-refractivity contribution in [2.75, 3.05) is 56.9 Å². The molecule has 0 atom stereocenters. The number of rotatable bonds is 18. The lowest BCUT2D eigenvalue weighted by molar-refractivity contribution is 0.0684. The Morgan fingerprint density at radius 1 is 0.210 bits per heavy atom. The summed E-state index contributed by atoms with van der Waals surface area (Å²) in [5.41, 5.74) is 15.7. The molecule has 0 aromatic heterocycles. The summed E-state index contributed by atoms with van der Waals surface area (Å²) in [6.07, 6.45) is 0.